The van der Waals surface area contributed by atoms with E-state index in [9.17, 15) is 18.0 Å². The highest BCUT2D eigenvalue weighted by Crippen LogP contribution is 2.33. The Morgan fingerprint density at radius 3 is 2.81 bits per heavy atom. The molecule has 2 aliphatic heterocycles. The van der Waals surface area contributed by atoms with Gasteiger partial charge < -0.3 is 0 Å². The Kier molecular flexibility index (Phi) is 4.76. The summed E-state index contributed by atoms with van der Waals surface area (Å²) in [6.45, 7) is 0.354. The molecule has 12 heteroatoms. The van der Waals surface area contributed by atoms with Crippen molar-refractivity contribution >= 4 is 67.5 Å². The molecule has 0 unspecified atom stereocenters. The van der Waals surface area contributed by atoms with E-state index < -0.39 is 26.4 Å². The van der Waals surface area contributed by atoms with E-state index in [0.717, 1.165) is 23.0 Å². The molecule has 3 aromatic rings. The molecule has 0 radical (unpaired) electrons. The highest BCUT2D eigenvalue weighted by atomic mass is 35.5. The number of hydrogen-bond acceptors (Lipinski definition) is 7. The zero-order valence-corrected chi connectivity index (χ0v) is 18.2. The molecule has 1 fully saturated rings. The van der Waals surface area contributed by atoms with Crippen molar-refractivity contribution in [3.63, 3.8) is 0 Å². The second-order valence-corrected chi connectivity index (χ2v) is 10.4. The van der Waals surface area contributed by atoms with Gasteiger partial charge in [-0.1, -0.05) is 0 Å². The number of fused-ring (bicyclic) bond motifs is 2. The first-order valence-corrected chi connectivity index (χ1v) is 12.1. The molecule has 2 aliphatic rings. The maximum atomic E-state index is 12.2. The first-order valence-electron chi connectivity index (χ1n) is 9.14. The number of pyridine rings is 1. The number of anilines is 1. The van der Waals surface area contributed by atoms with Gasteiger partial charge in [0.1, 0.15) is 17.1 Å². The van der Waals surface area contributed by atoms with Crippen LogP contribution in [0.5, 0.6) is 0 Å². The summed E-state index contributed by atoms with van der Waals surface area (Å²) in [5.74, 6) is -0.444. The number of nitrogens with one attached hydrogen (secondary N) is 1. The van der Waals surface area contributed by atoms with Gasteiger partial charge >= 0.3 is 0 Å². The summed E-state index contributed by atoms with van der Waals surface area (Å²) in [4.78, 5) is 32.4. The summed E-state index contributed by atoms with van der Waals surface area (Å²) in [5.41, 5.74) is 4.06. The standard InChI is InChI=1S/C19H14ClN5O4S2/c20-9-31(28,29)25-6-5-11-7-13(2-4-15(11)25)24-10-21-14-3-1-12(22-17(14)24)8-16-18(26)23-19(27)30-16/h1-4,7-8,10H,5-6,9H2,(H,23,26,27)/b16-8+. The molecule has 2 amide bonds. The molecule has 1 N–H and O–H groups in total. The second-order valence-electron chi connectivity index (χ2n) is 6.90. The van der Waals surface area contributed by atoms with Gasteiger partial charge in [-0.2, -0.15) is 0 Å². The molecular weight excluding hydrogens is 462 g/mol. The van der Waals surface area contributed by atoms with Crippen molar-refractivity contribution in [1.82, 2.24) is 19.9 Å². The van der Waals surface area contributed by atoms with Gasteiger partial charge in [0.05, 0.1) is 16.3 Å². The molecule has 0 saturated carbocycles. The number of benzene rings is 1. The highest BCUT2D eigenvalue weighted by Gasteiger charge is 2.29. The van der Waals surface area contributed by atoms with E-state index in [1.165, 1.54) is 4.31 Å². The number of halogens is 1. The Morgan fingerprint density at radius 2 is 2.06 bits per heavy atom. The van der Waals surface area contributed by atoms with Gasteiger partial charge in [-0.3, -0.25) is 23.8 Å². The normalized spacial score (nSPS) is 17.6. The molecule has 31 heavy (non-hydrogen) atoms. The lowest BCUT2D eigenvalue weighted by molar-refractivity contribution is -0.115. The molecule has 158 valence electrons. The number of imidazole rings is 1. The van der Waals surface area contributed by atoms with Gasteiger partial charge in [-0.25, -0.2) is 18.4 Å². The van der Waals surface area contributed by atoms with E-state index in [0.29, 0.717) is 35.5 Å². The number of imide groups is 1. The molecule has 9 nitrogen and oxygen atoms in total. The van der Waals surface area contributed by atoms with Crippen LogP contribution in [0.4, 0.5) is 10.5 Å². The quantitative estimate of drug-likeness (QED) is 0.455. The van der Waals surface area contributed by atoms with Crippen molar-refractivity contribution in [2.45, 2.75) is 6.42 Å². The lowest BCUT2D eigenvalue weighted by Crippen LogP contribution is -2.29. The molecule has 0 atom stereocenters. The van der Waals surface area contributed by atoms with Crippen molar-refractivity contribution in [2.75, 3.05) is 16.1 Å². The third kappa shape index (κ3) is 3.48. The van der Waals surface area contributed by atoms with Crippen LogP contribution in [-0.4, -0.2) is 45.9 Å². The summed E-state index contributed by atoms with van der Waals surface area (Å²) in [7, 11) is -3.54. The monoisotopic (exact) mass is 475 g/mol. The maximum Gasteiger partial charge on any atom is 0.290 e. The number of nitrogens with zero attached hydrogens (tertiary/aromatic N) is 4. The Bertz CT molecular complexity index is 1400. The SMILES string of the molecule is O=C1NC(=O)/C(=C\c2ccc3ncn(-c4ccc5c(c4)CCN5S(=O)(=O)CCl)c3n2)S1. The van der Waals surface area contributed by atoms with Crippen molar-refractivity contribution in [3.8, 4) is 5.69 Å². The van der Waals surface area contributed by atoms with Gasteiger partial charge in [-0.05, 0) is 60.2 Å². The first kappa shape index (κ1) is 20.0. The number of aromatic nitrogens is 3. The van der Waals surface area contributed by atoms with Gasteiger partial charge in [-0.15, -0.1) is 11.6 Å². The molecule has 1 aromatic carbocycles. The van der Waals surface area contributed by atoms with E-state index in [-0.39, 0.29) is 4.91 Å². The third-order valence-electron chi connectivity index (χ3n) is 5.01. The van der Waals surface area contributed by atoms with Crippen LogP contribution < -0.4 is 9.62 Å². The van der Waals surface area contributed by atoms with Crippen molar-refractivity contribution in [2.24, 2.45) is 0 Å². The number of sulfonamides is 1. The Balaban J connectivity index is 1.54. The number of carbonyl (C=O) groups is 2. The summed E-state index contributed by atoms with van der Waals surface area (Å²) >= 11 is 6.44. The second kappa shape index (κ2) is 7.36. The minimum absolute atomic E-state index is 0.279. The van der Waals surface area contributed by atoms with Crippen LogP contribution in [-0.2, 0) is 21.2 Å². The van der Waals surface area contributed by atoms with Crippen LogP contribution >= 0.6 is 23.4 Å². The zero-order valence-electron chi connectivity index (χ0n) is 15.8. The molecule has 0 aliphatic carbocycles. The van der Waals surface area contributed by atoms with Crippen LogP contribution in [0, 0.1) is 0 Å². The zero-order chi connectivity index (χ0) is 21.8. The number of thioether (sulfide) groups is 1. The molecule has 0 bridgehead atoms. The van der Waals surface area contributed by atoms with Crippen molar-refractivity contribution in [1.29, 1.82) is 0 Å². The molecule has 2 aromatic heterocycles. The molecule has 5 rings (SSSR count). The number of rotatable bonds is 4. The maximum absolute atomic E-state index is 12.2. The predicted molar refractivity (Wildman–Crippen MR) is 119 cm³/mol. The van der Waals surface area contributed by atoms with Gasteiger partial charge in [0.15, 0.2) is 5.65 Å². The number of hydrogen-bond donors (Lipinski definition) is 1. The molecular formula is C19H14ClN5O4S2. The smallest absolute Gasteiger partial charge is 0.283 e. The average molecular weight is 476 g/mol. The van der Waals surface area contributed by atoms with Crippen LogP contribution in [0.3, 0.4) is 0 Å². The van der Waals surface area contributed by atoms with E-state index >= 15 is 0 Å². The molecule has 0 spiro atoms. The fourth-order valence-corrected chi connectivity index (χ4v) is 5.57. The minimum atomic E-state index is -3.54. The summed E-state index contributed by atoms with van der Waals surface area (Å²) in [6.07, 6.45) is 3.77. The van der Waals surface area contributed by atoms with Gasteiger partial charge in [0.25, 0.3) is 11.1 Å². The largest absolute Gasteiger partial charge is 0.290 e. The fraction of sp³-hybridized carbons (Fsp3) is 0.158. The van der Waals surface area contributed by atoms with Crippen LogP contribution in [0.25, 0.3) is 22.9 Å². The Hall–Kier alpha value is -2.89. The van der Waals surface area contributed by atoms with E-state index in [4.69, 9.17) is 11.6 Å². The van der Waals surface area contributed by atoms with Gasteiger partial charge in [0.2, 0.25) is 10.0 Å². The third-order valence-corrected chi connectivity index (χ3v) is 7.97. The van der Waals surface area contributed by atoms with E-state index in [1.54, 1.807) is 41.2 Å². The number of alkyl halides is 1. The fourth-order valence-electron chi connectivity index (χ4n) is 3.59. The summed E-state index contributed by atoms with van der Waals surface area (Å²) in [6, 6.07) is 8.97. The van der Waals surface area contributed by atoms with Gasteiger partial charge in [0, 0.05) is 12.2 Å². The summed E-state index contributed by atoms with van der Waals surface area (Å²) < 4.78 is 27.5. The van der Waals surface area contributed by atoms with Crippen molar-refractivity contribution in [3.05, 3.63) is 52.8 Å². The highest BCUT2D eigenvalue weighted by molar-refractivity contribution is 8.18. The lowest BCUT2D eigenvalue weighted by Gasteiger charge is -2.18. The van der Waals surface area contributed by atoms with Crippen molar-refractivity contribution < 1.29 is 18.0 Å². The first-order chi connectivity index (χ1) is 14.9. The predicted octanol–water partition coefficient (Wildman–Crippen LogP) is 2.63. The summed E-state index contributed by atoms with van der Waals surface area (Å²) in [5, 5.41) is 1.34. The Labute approximate surface area is 186 Å². The molecule has 1 saturated heterocycles. The lowest BCUT2D eigenvalue weighted by atomic mass is 10.1. The number of amides is 2. The Morgan fingerprint density at radius 1 is 1.23 bits per heavy atom. The van der Waals surface area contributed by atoms with E-state index in [1.807, 2.05) is 6.07 Å². The van der Waals surface area contributed by atoms with Crippen LogP contribution in [0.15, 0.2) is 41.6 Å². The topological polar surface area (TPSA) is 114 Å². The number of carbonyl (C=O) groups excluding carboxylic acids is 2. The minimum Gasteiger partial charge on any atom is -0.283 e. The average Bonchev–Trinajstić information content (AvgIpc) is 3.44. The van der Waals surface area contributed by atoms with E-state index in [2.05, 4.69) is 15.3 Å². The van der Waals surface area contributed by atoms with Crippen LogP contribution in [0.2, 0.25) is 0 Å². The van der Waals surface area contributed by atoms with Crippen LogP contribution in [0.1, 0.15) is 11.3 Å². The molecule has 4 heterocycles.